The normalized spacial score (nSPS) is 15.9. The topological polar surface area (TPSA) is 74.7 Å². The predicted octanol–water partition coefficient (Wildman–Crippen LogP) is 4.07. The third-order valence-corrected chi connectivity index (χ3v) is 6.02. The van der Waals surface area contributed by atoms with E-state index in [-0.39, 0.29) is 5.91 Å². The lowest BCUT2D eigenvalue weighted by Crippen LogP contribution is -2.19. The van der Waals surface area contributed by atoms with E-state index >= 15 is 0 Å². The van der Waals surface area contributed by atoms with Crippen LogP contribution in [0.15, 0.2) is 65.9 Å². The monoisotopic (exact) mass is 408 g/mol. The number of amides is 1. The van der Waals surface area contributed by atoms with Gasteiger partial charge in [-0.05, 0) is 67.4 Å². The highest BCUT2D eigenvalue weighted by Crippen LogP contribution is 2.23. The van der Waals surface area contributed by atoms with Crippen LogP contribution in [0.1, 0.15) is 23.7 Å². The van der Waals surface area contributed by atoms with Crippen LogP contribution < -0.4 is 9.62 Å². The number of hydrogen-bond donors (Lipinski definition) is 1. The van der Waals surface area contributed by atoms with Gasteiger partial charge in [0, 0.05) is 54.1 Å². The lowest BCUT2D eigenvalue weighted by molar-refractivity contribution is 0.102. The highest BCUT2D eigenvalue weighted by molar-refractivity contribution is 7.86. The first-order valence-electron chi connectivity index (χ1n) is 9.40. The summed E-state index contributed by atoms with van der Waals surface area (Å²) >= 11 is 0. The van der Waals surface area contributed by atoms with Crippen molar-refractivity contribution in [2.75, 3.05) is 29.0 Å². The second-order valence-electron chi connectivity index (χ2n) is 6.44. The van der Waals surface area contributed by atoms with Crippen LogP contribution in [0.25, 0.3) is 10.8 Å². The van der Waals surface area contributed by atoms with Crippen molar-refractivity contribution >= 4 is 45.3 Å². The van der Waals surface area contributed by atoms with Gasteiger partial charge in [0.25, 0.3) is 5.91 Å². The van der Waals surface area contributed by atoms with E-state index in [4.69, 9.17) is 0 Å². The first-order valence-corrected chi connectivity index (χ1v) is 10.7. The SMILES string of the molecule is CC=NC.O=C(Nc1ccc2ccncc2c1)c1ccc(N2CCCS2=O)cc1. The van der Waals surface area contributed by atoms with Crippen molar-refractivity contribution in [2.24, 2.45) is 4.99 Å². The Morgan fingerprint density at radius 1 is 1.17 bits per heavy atom. The molecule has 1 aliphatic heterocycles. The molecule has 1 N–H and O–H groups in total. The fraction of sp³-hybridized carbons (Fsp3) is 0.227. The molecule has 1 saturated heterocycles. The summed E-state index contributed by atoms with van der Waals surface area (Å²) in [6.07, 6.45) is 6.21. The van der Waals surface area contributed by atoms with Crippen molar-refractivity contribution in [1.82, 2.24) is 4.98 Å². The largest absolute Gasteiger partial charge is 0.322 e. The average Bonchev–Trinajstić information content (AvgIpc) is 3.19. The van der Waals surface area contributed by atoms with Gasteiger partial charge in [-0.2, -0.15) is 0 Å². The number of nitrogens with one attached hydrogen (secondary N) is 1. The van der Waals surface area contributed by atoms with E-state index in [0.717, 1.165) is 35.1 Å². The maximum Gasteiger partial charge on any atom is 0.255 e. The van der Waals surface area contributed by atoms with Crippen LogP contribution in [0.4, 0.5) is 11.4 Å². The molecule has 2 heterocycles. The lowest BCUT2D eigenvalue weighted by atomic mass is 10.1. The molecule has 0 radical (unpaired) electrons. The summed E-state index contributed by atoms with van der Waals surface area (Å²) in [4.78, 5) is 20.2. The Balaban J connectivity index is 0.000000552. The Kier molecular flexibility index (Phi) is 7.08. The molecule has 3 aromatic rings. The fourth-order valence-electron chi connectivity index (χ4n) is 2.94. The van der Waals surface area contributed by atoms with Gasteiger partial charge in [-0.3, -0.25) is 14.1 Å². The highest BCUT2D eigenvalue weighted by Gasteiger charge is 2.20. The van der Waals surface area contributed by atoms with Crippen LogP contribution in [-0.4, -0.2) is 40.7 Å². The highest BCUT2D eigenvalue weighted by atomic mass is 32.2. The zero-order valence-electron chi connectivity index (χ0n) is 16.5. The van der Waals surface area contributed by atoms with Crippen LogP contribution in [0.3, 0.4) is 0 Å². The van der Waals surface area contributed by atoms with Crippen molar-refractivity contribution in [3.63, 3.8) is 0 Å². The molecule has 1 aromatic heterocycles. The minimum absolute atomic E-state index is 0.169. The molecule has 0 saturated carbocycles. The summed E-state index contributed by atoms with van der Waals surface area (Å²) < 4.78 is 13.8. The molecule has 0 spiro atoms. The van der Waals surface area contributed by atoms with Crippen molar-refractivity contribution in [3.05, 3.63) is 66.5 Å². The van der Waals surface area contributed by atoms with Crippen molar-refractivity contribution in [2.45, 2.75) is 13.3 Å². The number of benzene rings is 2. The molecule has 6 nitrogen and oxygen atoms in total. The third kappa shape index (κ3) is 5.26. The molecule has 1 amide bonds. The molecule has 1 atom stereocenters. The van der Waals surface area contributed by atoms with Gasteiger partial charge in [0.1, 0.15) is 11.0 Å². The van der Waals surface area contributed by atoms with Crippen molar-refractivity contribution in [1.29, 1.82) is 0 Å². The Labute approximate surface area is 173 Å². The summed E-state index contributed by atoms with van der Waals surface area (Å²) in [5.41, 5.74) is 2.19. The van der Waals surface area contributed by atoms with Gasteiger partial charge in [0.15, 0.2) is 0 Å². The quantitative estimate of drug-likeness (QED) is 0.664. The van der Waals surface area contributed by atoms with E-state index in [2.05, 4.69) is 15.3 Å². The van der Waals surface area contributed by atoms with Gasteiger partial charge >= 0.3 is 0 Å². The van der Waals surface area contributed by atoms with E-state index in [1.807, 2.05) is 47.6 Å². The van der Waals surface area contributed by atoms with Crippen molar-refractivity contribution in [3.8, 4) is 0 Å². The molecule has 1 unspecified atom stereocenters. The van der Waals surface area contributed by atoms with Crippen LogP contribution in [0, 0.1) is 0 Å². The fourth-order valence-corrected chi connectivity index (χ4v) is 4.22. The average molecular weight is 409 g/mol. The third-order valence-electron chi connectivity index (χ3n) is 4.50. The summed E-state index contributed by atoms with van der Waals surface area (Å²) in [5, 5.41) is 4.97. The number of aliphatic imine (C=N–C) groups is 1. The Morgan fingerprint density at radius 3 is 2.59 bits per heavy atom. The molecule has 0 aliphatic carbocycles. The lowest BCUT2D eigenvalue weighted by Gasteiger charge is -2.16. The Morgan fingerprint density at radius 2 is 1.93 bits per heavy atom. The summed E-state index contributed by atoms with van der Waals surface area (Å²) in [7, 11) is 0.803. The van der Waals surface area contributed by atoms with Crippen LogP contribution >= 0.6 is 0 Å². The molecular weight excluding hydrogens is 384 g/mol. The van der Waals surface area contributed by atoms with Gasteiger partial charge in [-0.15, -0.1) is 0 Å². The van der Waals surface area contributed by atoms with E-state index < -0.39 is 11.0 Å². The van der Waals surface area contributed by atoms with Gasteiger partial charge < -0.3 is 10.3 Å². The van der Waals surface area contributed by atoms with E-state index in [1.165, 1.54) is 0 Å². The molecule has 2 aromatic carbocycles. The number of fused-ring (bicyclic) bond motifs is 1. The smallest absolute Gasteiger partial charge is 0.255 e. The minimum Gasteiger partial charge on any atom is -0.322 e. The zero-order chi connectivity index (χ0) is 20.6. The van der Waals surface area contributed by atoms with Gasteiger partial charge in [0.05, 0.1) is 0 Å². The maximum absolute atomic E-state index is 12.4. The summed E-state index contributed by atoms with van der Waals surface area (Å²) in [6, 6.07) is 14.9. The van der Waals surface area contributed by atoms with Crippen LogP contribution in [0.5, 0.6) is 0 Å². The second-order valence-corrected chi connectivity index (χ2v) is 7.93. The summed E-state index contributed by atoms with van der Waals surface area (Å²) in [6.45, 7) is 2.68. The number of rotatable bonds is 3. The molecule has 150 valence electrons. The second kappa shape index (κ2) is 9.93. The zero-order valence-corrected chi connectivity index (χ0v) is 17.4. The number of aromatic nitrogens is 1. The number of anilines is 2. The van der Waals surface area contributed by atoms with Gasteiger partial charge in [-0.1, -0.05) is 6.07 Å². The first-order chi connectivity index (χ1) is 14.1. The Hall–Kier alpha value is -3.06. The number of pyridine rings is 1. The molecule has 1 aliphatic rings. The molecule has 0 bridgehead atoms. The van der Waals surface area contributed by atoms with E-state index in [9.17, 15) is 9.00 Å². The first kappa shape index (κ1) is 20.7. The standard InChI is InChI=1S/C19H17N3O2S.C3H7N/c23-19(21-17-5-2-14-8-9-20-13-16(14)12-17)15-3-6-18(7-4-15)22-10-1-11-25(22)24;1-3-4-2/h2-9,12-13H,1,10-11H2,(H,21,23);3H,1-2H3. The number of nitrogens with zero attached hydrogens (tertiary/aromatic N) is 3. The molecule has 4 rings (SSSR count). The van der Waals surface area contributed by atoms with E-state index in [1.54, 1.807) is 37.8 Å². The van der Waals surface area contributed by atoms with Gasteiger partial charge in [0.2, 0.25) is 0 Å². The number of hydrogen-bond acceptors (Lipinski definition) is 4. The predicted molar refractivity (Wildman–Crippen MR) is 121 cm³/mol. The van der Waals surface area contributed by atoms with Gasteiger partial charge in [-0.25, -0.2) is 4.21 Å². The summed E-state index contributed by atoms with van der Waals surface area (Å²) in [5.74, 6) is 0.538. The number of carbonyl (C=O) groups excluding carboxylic acids is 1. The number of carbonyl (C=O) groups is 1. The van der Waals surface area contributed by atoms with Crippen LogP contribution in [0.2, 0.25) is 0 Å². The molecule has 7 heteroatoms. The molecular formula is C22H24N4O2S. The molecule has 1 fully saturated rings. The maximum atomic E-state index is 12.4. The molecule has 29 heavy (non-hydrogen) atoms. The minimum atomic E-state index is -0.947. The van der Waals surface area contributed by atoms with E-state index in [0.29, 0.717) is 11.3 Å². The van der Waals surface area contributed by atoms with Crippen LogP contribution in [-0.2, 0) is 11.0 Å². The van der Waals surface area contributed by atoms with Crippen molar-refractivity contribution < 1.29 is 9.00 Å². The Bertz CT molecular complexity index is 1030.